The van der Waals surface area contributed by atoms with Gasteiger partial charge in [0, 0.05) is 13.1 Å². The van der Waals surface area contributed by atoms with Crippen LogP contribution in [0.1, 0.15) is 63.0 Å². The summed E-state index contributed by atoms with van der Waals surface area (Å²) < 4.78 is 27.1. The molecule has 0 spiro atoms. The first-order valence-corrected chi connectivity index (χ1v) is 13.5. The summed E-state index contributed by atoms with van der Waals surface area (Å²) in [6, 6.07) is 3.08. The predicted molar refractivity (Wildman–Crippen MR) is 129 cm³/mol. The Morgan fingerprint density at radius 1 is 1.24 bits per heavy atom. The van der Waals surface area contributed by atoms with E-state index in [1.54, 1.807) is 6.07 Å². The molecule has 10 nitrogen and oxygen atoms in total. The van der Waals surface area contributed by atoms with Crippen LogP contribution in [0.5, 0.6) is 5.75 Å². The van der Waals surface area contributed by atoms with E-state index in [1.165, 1.54) is 30.4 Å². The van der Waals surface area contributed by atoms with Gasteiger partial charge in [0.1, 0.15) is 23.7 Å². The first kappa shape index (κ1) is 26.0. The smallest absolute Gasteiger partial charge is 0.243 e. The number of benzene rings is 1. The molecule has 3 rings (SSSR count). The average molecular weight is 494 g/mol. The Morgan fingerprint density at radius 2 is 1.94 bits per heavy atom. The molecule has 188 valence electrons. The zero-order valence-corrected chi connectivity index (χ0v) is 20.4. The fraction of sp³-hybridized carbons (Fsp3) is 0.609. The quantitative estimate of drug-likeness (QED) is 0.242. The number of carbonyl (C=O) groups is 2. The van der Waals surface area contributed by atoms with Gasteiger partial charge < -0.3 is 21.1 Å². The highest BCUT2D eigenvalue weighted by atomic mass is 32.2. The zero-order chi connectivity index (χ0) is 24.9. The topological polar surface area (TPSA) is 166 Å². The van der Waals surface area contributed by atoms with E-state index in [2.05, 4.69) is 10.0 Å². The van der Waals surface area contributed by atoms with Crippen LogP contribution in [-0.4, -0.2) is 60.5 Å². The summed E-state index contributed by atoms with van der Waals surface area (Å²) in [6.45, 7) is 2.07. The molecular formula is C23H35N5O5S. The number of nitrogens with two attached hydrogens (primary N) is 1. The van der Waals surface area contributed by atoms with Crippen LogP contribution in [0.4, 0.5) is 0 Å². The van der Waals surface area contributed by atoms with Crippen molar-refractivity contribution >= 4 is 27.7 Å². The minimum absolute atomic E-state index is 0.110. The second kappa shape index (κ2) is 11.2. The van der Waals surface area contributed by atoms with Gasteiger partial charge in [0.15, 0.2) is 0 Å². The van der Waals surface area contributed by atoms with Crippen LogP contribution in [0.2, 0.25) is 0 Å². The van der Waals surface area contributed by atoms with Crippen molar-refractivity contribution in [3.63, 3.8) is 0 Å². The lowest BCUT2D eigenvalue weighted by atomic mass is 9.84. The molecule has 2 aliphatic rings. The van der Waals surface area contributed by atoms with Crippen molar-refractivity contribution in [3.05, 3.63) is 29.3 Å². The summed E-state index contributed by atoms with van der Waals surface area (Å²) in [6.07, 6.45) is 6.26. The second-order valence-corrected chi connectivity index (χ2v) is 11.2. The van der Waals surface area contributed by atoms with Crippen molar-refractivity contribution in [3.8, 4) is 5.75 Å². The molecule has 0 bridgehead atoms. The first-order chi connectivity index (χ1) is 16.1. The lowest BCUT2D eigenvalue weighted by molar-refractivity contribution is -0.149. The van der Waals surface area contributed by atoms with Crippen LogP contribution in [0.3, 0.4) is 0 Å². The molecule has 2 amide bonds. The summed E-state index contributed by atoms with van der Waals surface area (Å²) in [5, 5.41) is 20.2. The molecule has 1 aromatic rings. The van der Waals surface area contributed by atoms with Gasteiger partial charge in [0.05, 0.1) is 11.3 Å². The second-order valence-electron chi connectivity index (χ2n) is 9.13. The number of likely N-dealkylation sites (tertiary alicyclic amines) is 1. The summed E-state index contributed by atoms with van der Waals surface area (Å²) in [5.41, 5.74) is 6.24. The number of carbonyl (C=O) groups excluding carboxylic acids is 2. The Balaban J connectivity index is 1.63. The molecule has 1 saturated heterocycles. The number of nitrogen functional groups attached to an aromatic ring is 1. The predicted octanol–water partition coefficient (Wildman–Crippen LogP) is 1.17. The number of nitrogens with zero attached hydrogens (tertiary/aromatic N) is 1. The number of rotatable bonds is 10. The van der Waals surface area contributed by atoms with Crippen LogP contribution in [0.25, 0.3) is 0 Å². The summed E-state index contributed by atoms with van der Waals surface area (Å²) in [4.78, 5) is 27.5. The van der Waals surface area contributed by atoms with Crippen LogP contribution in [0, 0.1) is 11.3 Å². The van der Waals surface area contributed by atoms with Gasteiger partial charge in [-0.25, -0.2) is 13.1 Å². The highest BCUT2D eigenvalue weighted by Gasteiger charge is 2.41. The van der Waals surface area contributed by atoms with Crippen LogP contribution >= 0.6 is 0 Å². The number of aromatic hydroxyl groups is 1. The molecule has 11 heteroatoms. The van der Waals surface area contributed by atoms with Gasteiger partial charge in [0.25, 0.3) is 0 Å². The van der Waals surface area contributed by atoms with Crippen LogP contribution in [0.15, 0.2) is 18.2 Å². The van der Waals surface area contributed by atoms with Crippen LogP contribution < -0.4 is 15.8 Å². The fourth-order valence-corrected chi connectivity index (χ4v) is 5.40. The molecular weight excluding hydrogens is 458 g/mol. The van der Waals surface area contributed by atoms with Crippen molar-refractivity contribution in [1.82, 2.24) is 14.9 Å². The van der Waals surface area contributed by atoms with Gasteiger partial charge in [-0.2, -0.15) is 0 Å². The lowest BCUT2D eigenvalue weighted by Crippen LogP contribution is -2.62. The normalized spacial score (nSPS) is 19.8. The largest absolute Gasteiger partial charge is 0.507 e. The molecule has 2 atom stereocenters. The molecule has 1 aromatic carbocycles. The van der Waals surface area contributed by atoms with Crippen molar-refractivity contribution in [2.24, 2.45) is 11.7 Å². The Kier molecular flexibility index (Phi) is 8.53. The van der Waals surface area contributed by atoms with Gasteiger partial charge in [0.2, 0.25) is 21.8 Å². The fourth-order valence-electron chi connectivity index (χ4n) is 4.60. The molecule has 2 fully saturated rings. The molecule has 34 heavy (non-hydrogen) atoms. The van der Waals surface area contributed by atoms with Gasteiger partial charge in [-0.05, 0) is 43.4 Å². The molecule has 0 unspecified atom stereocenters. The summed E-state index contributed by atoms with van der Waals surface area (Å²) in [5.74, 6) is -0.893. The van der Waals surface area contributed by atoms with Crippen molar-refractivity contribution in [1.29, 1.82) is 5.41 Å². The van der Waals surface area contributed by atoms with E-state index in [0.29, 0.717) is 30.9 Å². The number of nitrogens with one attached hydrogen (secondary N) is 3. The van der Waals surface area contributed by atoms with Gasteiger partial charge in [-0.1, -0.05) is 38.2 Å². The molecule has 1 aliphatic carbocycles. The van der Waals surface area contributed by atoms with Crippen LogP contribution in [-0.2, 0) is 26.2 Å². The molecule has 1 saturated carbocycles. The maximum atomic E-state index is 13.3. The number of sulfonamides is 1. The average Bonchev–Trinajstić information content (AvgIpc) is 2.77. The number of amidine groups is 1. The maximum Gasteiger partial charge on any atom is 0.243 e. The monoisotopic (exact) mass is 493 g/mol. The van der Waals surface area contributed by atoms with Gasteiger partial charge in [-0.3, -0.25) is 15.0 Å². The number of amides is 2. The Hall–Kier alpha value is -2.66. The first-order valence-electron chi connectivity index (χ1n) is 11.9. The van der Waals surface area contributed by atoms with E-state index in [1.807, 2.05) is 0 Å². The summed E-state index contributed by atoms with van der Waals surface area (Å²) >= 11 is 0. The Labute approximate surface area is 200 Å². The molecule has 0 radical (unpaired) electrons. The maximum absolute atomic E-state index is 13.3. The number of phenolic OH excluding ortho intramolecular Hbond substituents is 1. The third-order valence-corrected chi connectivity index (χ3v) is 8.12. The third kappa shape index (κ3) is 6.47. The lowest BCUT2D eigenvalue weighted by Gasteiger charge is -2.42. The van der Waals surface area contributed by atoms with E-state index in [-0.39, 0.29) is 41.3 Å². The number of phenols is 1. The molecule has 1 heterocycles. The van der Waals surface area contributed by atoms with E-state index in [4.69, 9.17) is 11.1 Å². The Morgan fingerprint density at radius 3 is 2.50 bits per heavy atom. The molecule has 0 aromatic heterocycles. The number of hydrogen-bond acceptors (Lipinski definition) is 6. The van der Waals surface area contributed by atoms with Gasteiger partial charge >= 0.3 is 0 Å². The van der Waals surface area contributed by atoms with Crippen molar-refractivity contribution in [2.75, 3.05) is 12.3 Å². The number of hydrogen-bond donors (Lipinski definition) is 5. The molecule has 1 aliphatic heterocycles. The van der Waals surface area contributed by atoms with E-state index in [9.17, 15) is 23.1 Å². The highest BCUT2D eigenvalue weighted by molar-refractivity contribution is 7.89. The Bertz CT molecular complexity index is 1020. The minimum Gasteiger partial charge on any atom is -0.507 e. The van der Waals surface area contributed by atoms with E-state index >= 15 is 0 Å². The molecule has 6 N–H and O–H groups in total. The van der Waals surface area contributed by atoms with Crippen molar-refractivity contribution in [2.45, 2.75) is 70.5 Å². The third-order valence-electron chi connectivity index (χ3n) is 6.72. The van der Waals surface area contributed by atoms with Crippen molar-refractivity contribution < 1.29 is 23.1 Å². The summed E-state index contributed by atoms with van der Waals surface area (Å²) in [7, 11) is -3.58. The van der Waals surface area contributed by atoms with E-state index < -0.39 is 22.1 Å². The minimum atomic E-state index is -3.58. The van der Waals surface area contributed by atoms with E-state index in [0.717, 1.165) is 25.7 Å². The highest BCUT2D eigenvalue weighted by Crippen LogP contribution is 2.29. The SMILES string of the molecule is CCS(=O)(=O)N[C@H](CC1CCCCC1)C(=O)N1CC[C@H]1C(=O)NCc1ccc(C(=N)N)c(O)c1. The standard InChI is InChI=1S/C23H35N5O5S/c1-2-34(32,33)27-18(12-15-6-4-3-5-7-15)23(31)28-11-10-19(28)22(30)26-14-16-8-9-17(21(24)25)20(29)13-16/h8-9,13,15,18-19,27,29H,2-7,10-12,14H2,1H3,(H3,24,25)(H,26,30)/t18-,19+/m1/s1. The zero-order valence-electron chi connectivity index (χ0n) is 19.5. The van der Waals surface area contributed by atoms with Gasteiger partial charge in [-0.15, -0.1) is 0 Å².